The number of aliphatic hydroxyl groups is 1. The minimum absolute atomic E-state index is 0.0638. The Labute approximate surface area is 124 Å². The first-order valence-electron chi connectivity index (χ1n) is 6.72. The molecular weight excluding hydrogens is 262 g/mol. The Hall–Kier alpha value is -2.57. The van der Waals surface area contributed by atoms with E-state index in [1.165, 1.54) is 5.56 Å². The molecule has 0 aliphatic heterocycles. The molecule has 0 saturated carbocycles. The highest BCUT2D eigenvalue weighted by Crippen LogP contribution is 2.11. The van der Waals surface area contributed by atoms with Gasteiger partial charge in [-0.1, -0.05) is 47.7 Å². The zero-order valence-corrected chi connectivity index (χ0v) is 11.9. The van der Waals surface area contributed by atoms with Crippen LogP contribution >= 0.6 is 0 Å². The number of aliphatic hydroxyl groups excluding tert-OH is 1. The first kappa shape index (κ1) is 14.8. The van der Waals surface area contributed by atoms with Crippen LogP contribution in [0.1, 0.15) is 16.7 Å². The molecule has 1 amide bonds. The Balaban J connectivity index is 2.00. The zero-order chi connectivity index (χ0) is 15.1. The molecule has 3 nitrogen and oxygen atoms in total. The van der Waals surface area contributed by atoms with Crippen molar-refractivity contribution >= 4 is 11.6 Å². The van der Waals surface area contributed by atoms with Gasteiger partial charge in [0.05, 0.1) is 6.42 Å². The van der Waals surface area contributed by atoms with Crippen molar-refractivity contribution in [3.63, 3.8) is 0 Å². The van der Waals surface area contributed by atoms with E-state index < -0.39 is 0 Å². The van der Waals surface area contributed by atoms with E-state index in [9.17, 15) is 4.79 Å². The predicted molar refractivity (Wildman–Crippen MR) is 83.9 cm³/mol. The minimum atomic E-state index is -0.177. The van der Waals surface area contributed by atoms with E-state index in [0.717, 1.165) is 11.1 Å². The number of carbonyl (C=O) groups excluding carboxylic acids is 1. The largest absolute Gasteiger partial charge is 0.384 e. The lowest BCUT2D eigenvalue weighted by atomic mass is 10.1. The molecule has 0 saturated heterocycles. The van der Waals surface area contributed by atoms with Crippen molar-refractivity contribution in [1.29, 1.82) is 0 Å². The lowest BCUT2D eigenvalue weighted by molar-refractivity contribution is -0.115. The summed E-state index contributed by atoms with van der Waals surface area (Å²) in [5.74, 6) is 5.33. The summed E-state index contributed by atoms with van der Waals surface area (Å²) in [6.45, 7) is 1.84. The molecule has 0 atom stereocenters. The summed E-state index contributed by atoms with van der Waals surface area (Å²) in [6.07, 6.45) is 0.340. The number of amides is 1. The van der Waals surface area contributed by atoms with Crippen LogP contribution in [0.5, 0.6) is 0 Å². The van der Waals surface area contributed by atoms with Gasteiger partial charge in [0.1, 0.15) is 6.61 Å². The summed E-state index contributed by atoms with van der Waals surface area (Å²) in [7, 11) is 0. The molecule has 0 aliphatic rings. The Kier molecular flexibility index (Phi) is 5.14. The maximum atomic E-state index is 12.0. The Bertz CT molecular complexity index is 678. The first-order chi connectivity index (χ1) is 10.2. The highest BCUT2D eigenvalue weighted by molar-refractivity contribution is 5.92. The van der Waals surface area contributed by atoms with Gasteiger partial charge in [-0.2, -0.15) is 0 Å². The average molecular weight is 279 g/mol. The number of hydrogen-bond acceptors (Lipinski definition) is 2. The molecular formula is C18H17NO2. The Morgan fingerprint density at radius 3 is 2.67 bits per heavy atom. The van der Waals surface area contributed by atoms with Crippen molar-refractivity contribution in [3.8, 4) is 11.8 Å². The van der Waals surface area contributed by atoms with E-state index in [1.54, 1.807) is 6.07 Å². The van der Waals surface area contributed by atoms with E-state index >= 15 is 0 Å². The molecule has 0 fully saturated rings. The fourth-order valence-electron chi connectivity index (χ4n) is 1.91. The van der Waals surface area contributed by atoms with Gasteiger partial charge in [0.25, 0.3) is 0 Å². The summed E-state index contributed by atoms with van der Waals surface area (Å²) in [5.41, 5.74) is 3.62. The molecule has 0 unspecified atom stereocenters. The summed E-state index contributed by atoms with van der Waals surface area (Å²) in [5, 5.41) is 11.5. The van der Waals surface area contributed by atoms with Gasteiger partial charge >= 0.3 is 0 Å². The van der Waals surface area contributed by atoms with E-state index in [-0.39, 0.29) is 12.5 Å². The number of carbonyl (C=O) groups is 1. The summed E-state index contributed by atoms with van der Waals surface area (Å²) >= 11 is 0. The molecule has 2 N–H and O–H groups in total. The van der Waals surface area contributed by atoms with Crippen molar-refractivity contribution in [3.05, 3.63) is 65.2 Å². The van der Waals surface area contributed by atoms with E-state index in [0.29, 0.717) is 12.1 Å². The van der Waals surface area contributed by atoms with Gasteiger partial charge in [-0.15, -0.1) is 0 Å². The van der Waals surface area contributed by atoms with Crippen LogP contribution in [0.25, 0.3) is 0 Å². The van der Waals surface area contributed by atoms with Crippen LogP contribution < -0.4 is 5.32 Å². The highest BCUT2D eigenvalue weighted by atomic mass is 16.2. The molecule has 0 radical (unpaired) electrons. The van der Waals surface area contributed by atoms with Crippen molar-refractivity contribution < 1.29 is 9.90 Å². The van der Waals surface area contributed by atoms with Gasteiger partial charge in [-0.25, -0.2) is 0 Å². The van der Waals surface area contributed by atoms with Gasteiger partial charge in [0.2, 0.25) is 5.91 Å². The van der Waals surface area contributed by atoms with E-state index in [4.69, 9.17) is 5.11 Å². The fraction of sp³-hybridized carbons (Fsp3) is 0.167. The lowest BCUT2D eigenvalue weighted by Gasteiger charge is -2.06. The van der Waals surface area contributed by atoms with Gasteiger partial charge in [0.15, 0.2) is 0 Å². The van der Waals surface area contributed by atoms with Crippen molar-refractivity contribution in [2.45, 2.75) is 13.3 Å². The third kappa shape index (κ3) is 4.79. The summed E-state index contributed by atoms with van der Waals surface area (Å²) in [4.78, 5) is 12.0. The summed E-state index contributed by atoms with van der Waals surface area (Å²) < 4.78 is 0. The van der Waals surface area contributed by atoms with Gasteiger partial charge < -0.3 is 10.4 Å². The van der Waals surface area contributed by atoms with Crippen LogP contribution in [-0.4, -0.2) is 17.6 Å². The Morgan fingerprint density at radius 2 is 1.95 bits per heavy atom. The number of aryl methyl sites for hydroxylation is 1. The third-order valence-corrected chi connectivity index (χ3v) is 2.94. The van der Waals surface area contributed by atoms with E-state index in [1.807, 2.05) is 49.4 Å². The molecule has 3 heteroatoms. The molecule has 2 aromatic carbocycles. The minimum Gasteiger partial charge on any atom is -0.384 e. The van der Waals surface area contributed by atoms with Gasteiger partial charge in [0, 0.05) is 11.3 Å². The number of nitrogens with one attached hydrogen (secondary N) is 1. The van der Waals surface area contributed by atoms with Crippen molar-refractivity contribution in [2.75, 3.05) is 11.9 Å². The monoisotopic (exact) mass is 279 g/mol. The fourth-order valence-corrected chi connectivity index (χ4v) is 1.91. The molecule has 0 bridgehead atoms. The van der Waals surface area contributed by atoms with Crippen LogP contribution in [-0.2, 0) is 11.2 Å². The first-order valence-corrected chi connectivity index (χ1v) is 6.72. The molecule has 21 heavy (non-hydrogen) atoms. The second-order valence-corrected chi connectivity index (χ2v) is 4.75. The van der Waals surface area contributed by atoms with Crippen molar-refractivity contribution in [2.24, 2.45) is 0 Å². The molecule has 106 valence electrons. The van der Waals surface area contributed by atoms with Crippen LogP contribution in [0.4, 0.5) is 5.69 Å². The normalized spacial score (nSPS) is 9.62. The van der Waals surface area contributed by atoms with Crippen LogP contribution in [0.3, 0.4) is 0 Å². The quantitative estimate of drug-likeness (QED) is 0.848. The van der Waals surface area contributed by atoms with E-state index in [2.05, 4.69) is 17.2 Å². The van der Waals surface area contributed by atoms with Crippen molar-refractivity contribution in [1.82, 2.24) is 0 Å². The van der Waals surface area contributed by atoms with Crippen LogP contribution in [0, 0.1) is 18.8 Å². The number of rotatable bonds is 3. The van der Waals surface area contributed by atoms with Crippen LogP contribution in [0.2, 0.25) is 0 Å². The molecule has 0 aromatic heterocycles. The molecule has 0 heterocycles. The predicted octanol–water partition coefficient (Wildman–Crippen LogP) is 2.52. The smallest absolute Gasteiger partial charge is 0.228 e. The Morgan fingerprint density at radius 1 is 1.19 bits per heavy atom. The molecule has 0 aliphatic carbocycles. The maximum Gasteiger partial charge on any atom is 0.228 e. The lowest BCUT2D eigenvalue weighted by Crippen LogP contribution is -2.14. The third-order valence-electron chi connectivity index (χ3n) is 2.94. The van der Waals surface area contributed by atoms with Crippen LogP contribution in [0.15, 0.2) is 48.5 Å². The molecule has 2 aromatic rings. The number of hydrogen-bond donors (Lipinski definition) is 2. The zero-order valence-electron chi connectivity index (χ0n) is 11.9. The standard InChI is InChI=1S/C18H17NO2/c1-14-7-9-16(10-8-14)13-18(21)19-17-6-2-4-15(12-17)5-3-11-20/h2,4,6-10,12,20H,11,13H2,1H3,(H,19,21). The topological polar surface area (TPSA) is 49.3 Å². The second kappa shape index (κ2) is 7.28. The number of benzene rings is 2. The molecule has 2 rings (SSSR count). The molecule has 0 spiro atoms. The summed E-state index contributed by atoms with van der Waals surface area (Å²) in [6, 6.07) is 15.2. The average Bonchev–Trinajstić information content (AvgIpc) is 2.48. The number of anilines is 1. The SMILES string of the molecule is Cc1ccc(CC(=O)Nc2cccc(C#CCO)c2)cc1. The second-order valence-electron chi connectivity index (χ2n) is 4.75. The van der Waals surface area contributed by atoms with Gasteiger partial charge in [-0.05, 0) is 30.7 Å². The van der Waals surface area contributed by atoms with Gasteiger partial charge in [-0.3, -0.25) is 4.79 Å². The highest BCUT2D eigenvalue weighted by Gasteiger charge is 2.04. The maximum absolute atomic E-state index is 12.0.